The number of carbonyl (C=O) groups excluding carboxylic acids is 2. The molecule has 0 saturated carbocycles. The molecule has 3 N–H and O–H groups in total. The molecule has 1 fully saturated rings. The van der Waals surface area contributed by atoms with E-state index < -0.39 is 0 Å². The number of rotatable bonds is 5. The average Bonchev–Trinajstić information content (AvgIpc) is 2.93. The van der Waals surface area contributed by atoms with Crippen molar-refractivity contribution in [2.24, 2.45) is 11.8 Å². The summed E-state index contributed by atoms with van der Waals surface area (Å²) in [4.78, 5) is 24.3. The van der Waals surface area contributed by atoms with Crippen LogP contribution in [0.5, 0.6) is 0 Å². The highest BCUT2D eigenvalue weighted by atomic mass is 35.5. The van der Waals surface area contributed by atoms with Crippen molar-refractivity contribution in [3.8, 4) is 0 Å². The van der Waals surface area contributed by atoms with Gasteiger partial charge in [-0.05, 0) is 50.2 Å². The molecule has 1 aliphatic rings. The highest BCUT2D eigenvalue weighted by Gasteiger charge is 2.28. The smallest absolute Gasteiger partial charge is 0.260 e. The topological polar surface area (TPSA) is 96.3 Å². The molecule has 7 nitrogen and oxygen atoms in total. The van der Waals surface area contributed by atoms with E-state index >= 15 is 0 Å². The van der Waals surface area contributed by atoms with Gasteiger partial charge in [0.05, 0.1) is 6.20 Å². The van der Waals surface area contributed by atoms with Gasteiger partial charge in [0.2, 0.25) is 5.91 Å². The van der Waals surface area contributed by atoms with Crippen molar-refractivity contribution in [3.05, 3.63) is 41.8 Å². The number of hydrogen-bond acceptors (Lipinski definition) is 5. The third kappa shape index (κ3) is 4.37. The summed E-state index contributed by atoms with van der Waals surface area (Å²) in [6.07, 6.45) is 1.38. The number of amides is 2. The lowest BCUT2D eigenvalue weighted by Crippen LogP contribution is -2.48. The third-order valence-electron chi connectivity index (χ3n) is 4.34. The van der Waals surface area contributed by atoms with Crippen LogP contribution < -0.4 is 16.0 Å². The molecule has 0 aliphatic carbocycles. The van der Waals surface area contributed by atoms with E-state index in [1.807, 2.05) is 6.92 Å². The minimum absolute atomic E-state index is 0. The highest BCUT2D eigenvalue weighted by Crippen LogP contribution is 2.20. The van der Waals surface area contributed by atoms with Crippen LogP contribution in [0.2, 0.25) is 0 Å². The van der Waals surface area contributed by atoms with E-state index in [-0.39, 0.29) is 30.1 Å². The van der Waals surface area contributed by atoms with Crippen LogP contribution in [0.15, 0.2) is 35.0 Å². The van der Waals surface area contributed by atoms with E-state index in [1.165, 1.54) is 6.20 Å². The number of benzene rings is 1. The Morgan fingerprint density at radius 3 is 2.28 bits per heavy atom. The summed E-state index contributed by atoms with van der Waals surface area (Å²) in [5, 5.41) is 12.4. The molecule has 8 heteroatoms. The maximum Gasteiger partial charge on any atom is 0.260 e. The van der Waals surface area contributed by atoms with Crippen molar-refractivity contribution < 1.29 is 14.1 Å². The first kappa shape index (κ1) is 19.0. The van der Waals surface area contributed by atoms with Crippen LogP contribution in [0.4, 0.5) is 11.4 Å². The number of halogens is 1. The zero-order valence-electron chi connectivity index (χ0n) is 14.0. The summed E-state index contributed by atoms with van der Waals surface area (Å²) in [6, 6.07) is 7.01. The number of aryl methyl sites for hydroxylation is 1. The summed E-state index contributed by atoms with van der Waals surface area (Å²) < 4.78 is 4.88. The number of nitrogens with one attached hydrogen (secondary N) is 3. The Hall–Kier alpha value is -2.38. The van der Waals surface area contributed by atoms with Crippen molar-refractivity contribution >= 4 is 35.6 Å². The number of nitrogens with zero attached hydrogens (tertiary/aromatic N) is 1. The van der Waals surface area contributed by atoms with Gasteiger partial charge in [-0.2, -0.15) is 0 Å². The normalized spacial score (nSPS) is 14.8. The Labute approximate surface area is 151 Å². The fourth-order valence-electron chi connectivity index (χ4n) is 2.49. The lowest BCUT2D eigenvalue weighted by molar-refractivity contribution is -0.121. The van der Waals surface area contributed by atoms with Gasteiger partial charge in [-0.1, -0.05) is 12.1 Å². The second-order valence-electron chi connectivity index (χ2n) is 6.02. The monoisotopic (exact) mass is 364 g/mol. The van der Waals surface area contributed by atoms with Gasteiger partial charge >= 0.3 is 0 Å². The summed E-state index contributed by atoms with van der Waals surface area (Å²) in [7, 11) is 0. The zero-order chi connectivity index (χ0) is 17.1. The first-order chi connectivity index (χ1) is 11.5. The van der Waals surface area contributed by atoms with E-state index in [4.69, 9.17) is 4.52 Å². The number of carbonyl (C=O) groups is 2. The minimum atomic E-state index is -0.281. The molecule has 0 spiro atoms. The summed E-state index contributed by atoms with van der Waals surface area (Å²) >= 11 is 0. The average molecular weight is 365 g/mol. The predicted molar refractivity (Wildman–Crippen MR) is 97.0 cm³/mol. The van der Waals surface area contributed by atoms with Crippen molar-refractivity contribution in [2.45, 2.75) is 13.8 Å². The lowest BCUT2D eigenvalue weighted by atomic mass is 9.88. The van der Waals surface area contributed by atoms with Crippen LogP contribution in [0.3, 0.4) is 0 Å². The van der Waals surface area contributed by atoms with Gasteiger partial charge < -0.3 is 20.5 Å². The fourth-order valence-corrected chi connectivity index (χ4v) is 2.49. The molecule has 2 aromatic rings. The zero-order valence-corrected chi connectivity index (χ0v) is 14.9. The van der Waals surface area contributed by atoms with E-state index in [9.17, 15) is 9.59 Å². The SMILES string of the molecule is Cc1oncc1C(=O)Nc1ccc(NC(=O)C(C)C2CNC2)cc1.Cl. The van der Waals surface area contributed by atoms with Crippen molar-refractivity contribution in [1.29, 1.82) is 0 Å². The van der Waals surface area contributed by atoms with E-state index in [1.54, 1.807) is 31.2 Å². The minimum Gasteiger partial charge on any atom is -0.361 e. The summed E-state index contributed by atoms with van der Waals surface area (Å²) in [6.45, 7) is 5.40. The van der Waals surface area contributed by atoms with Crippen molar-refractivity contribution in [1.82, 2.24) is 10.5 Å². The largest absolute Gasteiger partial charge is 0.361 e. The maximum absolute atomic E-state index is 12.2. The van der Waals surface area contributed by atoms with E-state index in [0.717, 1.165) is 13.1 Å². The van der Waals surface area contributed by atoms with Crippen LogP contribution in [-0.2, 0) is 4.79 Å². The second-order valence-corrected chi connectivity index (χ2v) is 6.02. The van der Waals surface area contributed by atoms with Crippen LogP contribution in [0.1, 0.15) is 23.0 Å². The van der Waals surface area contributed by atoms with Crippen LogP contribution in [0.25, 0.3) is 0 Å². The Kier molecular flexibility index (Phi) is 6.17. The Bertz CT molecular complexity index is 741. The fraction of sp³-hybridized carbons (Fsp3) is 0.353. The molecule has 1 aliphatic heterocycles. The molecular weight excluding hydrogens is 344 g/mol. The molecule has 2 heterocycles. The van der Waals surface area contributed by atoms with Crippen molar-refractivity contribution in [2.75, 3.05) is 23.7 Å². The van der Waals surface area contributed by atoms with Crippen molar-refractivity contribution in [3.63, 3.8) is 0 Å². The summed E-state index contributed by atoms with van der Waals surface area (Å²) in [5.74, 6) is 0.573. The molecule has 3 rings (SSSR count). The number of anilines is 2. The van der Waals surface area contributed by atoms with Gasteiger partial charge in [-0.25, -0.2) is 0 Å². The molecule has 134 valence electrons. The van der Waals surface area contributed by atoms with Gasteiger partial charge in [0.25, 0.3) is 5.91 Å². The number of hydrogen-bond donors (Lipinski definition) is 3. The van der Waals surface area contributed by atoms with Gasteiger partial charge in [0.1, 0.15) is 11.3 Å². The van der Waals surface area contributed by atoms with Crippen LogP contribution in [-0.4, -0.2) is 30.1 Å². The Morgan fingerprint density at radius 1 is 1.20 bits per heavy atom. The van der Waals surface area contributed by atoms with Crippen LogP contribution >= 0.6 is 12.4 Å². The predicted octanol–water partition coefficient (Wildman–Crippen LogP) is 2.45. The van der Waals surface area contributed by atoms with Gasteiger partial charge in [0.15, 0.2) is 0 Å². The molecule has 1 unspecified atom stereocenters. The molecule has 0 radical (unpaired) electrons. The molecule has 1 atom stereocenters. The first-order valence-electron chi connectivity index (χ1n) is 7.89. The molecule has 1 aromatic heterocycles. The first-order valence-corrected chi connectivity index (χ1v) is 7.89. The summed E-state index contributed by atoms with van der Waals surface area (Å²) in [5.41, 5.74) is 1.74. The molecule has 1 aromatic carbocycles. The van der Waals surface area contributed by atoms with Gasteiger partial charge in [-0.15, -0.1) is 12.4 Å². The molecular formula is C17H21ClN4O3. The molecule has 0 bridgehead atoms. The quantitative estimate of drug-likeness (QED) is 0.757. The van der Waals surface area contributed by atoms with Gasteiger partial charge in [-0.3, -0.25) is 9.59 Å². The second kappa shape index (κ2) is 8.13. The van der Waals surface area contributed by atoms with E-state index in [0.29, 0.717) is 28.6 Å². The standard InChI is InChI=1S/C17H20N4O3.ClH/c1-10(12-7-18-8-12)16(22)20-13-3-5-14(6-4-13)21-17(23)15-9-19-24-11(15)2;/h3-6,9-10,12,18H,7-8H2,1-2H3,(H,20,22)(H,21,23);1H. The molecule has 1 saturated heterocycles. The highest BCUT2D eigenvalue weighted by molar-refractivity contribution is 6.04. The third-order valence-corrected chi connectivity index (χ3v) is 4.34. The molecule has 25 heavy (non-hydrogen) atoms. The number of aromatic nitrogens is 1. The Morgan fingerprint density at radius 2 is 1.80 bits per heavy atom. The molecule has 2 amide bonds. The lowest BCUT2D eigenvalue weighted by Gasteiger charge is -2.31. The van der Waals surface area contributed by atoms with E-state index in [2.05, 4.69) is 21.1 Å². The van der Waals surface area contributed by atoms with Gasteiger partial charge in [0, 0.05) is 17.3 Å². The maximum atomic E-state index is 12.2. The Balaban J connectivity index is 0.00000225. The van der Waals surface area contributed by atoms with Crippen LogP contribution in [0, 0.1) is 18.8 Å².